The Balaban J connectivity index is 1.87. The molecule has 1 fully saturated rings. The van der Waals surface area contributed by atoms with Crippen LogP contribution in [0, 0.1) is 5.92 Å². The summed E-state index contributed by atoms with van der Waals surface area (Å²) in [5, 5.41) is 0.678. The molecule has 17 heavy (non-hydrogen) atoms. The van der Waals surface area contributed by atoms with Gasteiger partial charge in [-0.15, -0.1) is 0 Å². The minimum atomic E-state index is 0.457. The fourth-order valence-electron chi connectivity index (χ4n) is 1.91. The van der Waals surface area contributed by atoms with Crippen molar-refractivity contribution in [3.63, 3.8) is 0 Å². The van der Waals surface area contributed by atoms with Crippen LogP contribution in [-0.2, 0) is 11.3 Å². The number of benzene rings is 1. The first-order valence-electron chi connectivity index (χ1n) is 5.98. The highest BCUT2D eigenvalue weighted by Gasteiger charge is 2.14. The van der Waals surface area contributed by atoms with Crippen LogP contribution in [0.4, 0.5) is 0 Å². The van der Waals surface area contributed by atoms with E-state index in [1.165, 1.54) is 0 Å². The van der Waals surface area contributed by atoms with Gasteiger partial charge in [0, 0.05) is 24.8 Å². The largest absolute Gasteiger partial charge is 0.493 e. The van der Waals surface area contributed by atoms with Gasteiger partial charge in [-0.2, -0.15) is 0 Å². The van der Waals surface area contributed by atoms with Gasteiger partial charge in [0.15, 0.2) is 0 Å². The van der Waals surface area contributed by atoms with Crippen LogP contribution in [-0.4, -0.2) is 19.8 Å². The molecule has 2 N–H and O–H groups in total. The molecule has 1 aromatic rings. The summed E-state index contributed by atoms with van der Waals surface area (Å²) in [5.41, 5.74) is 6.50. The highest BCUT2D eigenvalue weighted by atomic mass is 35.5. The number of ether oxygens (including phenoxy) is 2. The first-order valence-corrected chi connectivity index (χ1v) is 6.36. The number of rotatable bonds is 4. The molecule has 1 saturated heterocycles. The molecule has 0 radical (unpaired) electrons. The second kappa shape index (κ2) is 6.24. The van der Waals surface area contributed by atoms with Gasteiger partial charge in [0.1, 0.15) is 5.75 Å². The summed E-state index contributed by atoms with van der Waals surface area (Å²) in [7, 11) is 0. The van der Waals surface area contributed by atoms with Gasteiger partial charge in [0.25, 0.3) is 0 Å². The minimum absolute atomic E-state index is 0.457. The summed E-state index contributed by atoms with van der Waals surface area (Å²) < 4.78 is 11.1. The molecule has 1 aromatic carbocycles. The predicted octanol–water partition coefficient (Wildman–Crippen LogP) is 2.60. The zero-order valence-corrected chi connectivity index (χ0v) is 10.6. The molecule has 2 rings (SSSR count). The smallest absolute Gasteiger partial charge is 0.120 e. The fraction of sp³-hybridized carbons (Fsp3) is 0.538. The molecule has 4 heteroatoms. The van der Waals surface area contributed by atoms with Gasteiger partial charge in [-0.05, 0) is 36.5 Å². The molecular weight excluding hydrogens is 238 g/mol. The van der Waals surface area contributed by atoms with Gasteiger partial charge in [0.2, 0.25) is 0 Å². The molecule has 1 aliphatic heterocycles. The molecule has 0 unspecified atom stereocenters. The monoisotopic (exact) mass is 255 g/mol. The third-order valence-electron chi connectivity index (χ3n) is 3.07. The molecule has 1 aliphatic rings. The molecule has 0 aliphatic carbocycles. The first-order chi connectivity index (χ1) is 8.29. The lowest BCUT2D eigenvalue weighted by Crippen LogP contribution is -2.21. The summed E-state index contributed by atoms with van der Waals surface area (Å²) in [6.45, 7) is 2.89. The van der Waals surface area contributed by atoms with E-state index in [0.29, 0.717) is 17.5 Å². The van der Waals surface area contributed by atoms with Crippen molar-refractivity contribution in [1.82, 2.24) is 0 Å². The van der Waals surface area contributed by atoms with Gasteiger partial charge in [0.05, 0.1) is 6.61 Å². The van der Waals surface area contributed by atoms with Crippen LogP contribution in [0.25, 0.3) is 0 Å². The predicted molar refractivity (Wildman–Crippen MR) is 68.4 cm³/mol. The van der Waals surface area contributed by atoms with E-state index in [1.807, 2.05) is 18.2 Å². The van der Waals surface area contributed by atoms with E-state index >= 15 is 0 Å². The maximum Gasteiger partial charge on any atom is 0.120 e. The van der Waals surface area contributed by atoms with Crippen LogP contribution in [0.5, 0.6) is 5.75 Å². The lowest BCUT2D eigenvalue weighted by atomic mass is 10.0. The van der Waals surface area contributed by atoms with Gasteiger partial charge in [-0.25, -0.2) is 0 Å². The summed E-state index contributed by atoms with van der Waals surface area (Å²) in [6.07, 6.45) is 2.16. The van der Waals surface area contributed by atoms with Crippen molar-refractivity contribution in [3.05, 3.63) is 28.8 Å². The van der Waals surface area contributed by atoms with Gasteiger partial charge in [-0.3, -0.25) is 0 Å². The van der Waals surface area contributed by atoms with E-state index < -0.39 is 0 Å². The number of hydrogen-bond donors (Lipinski definition) is 1. The van der Waals surface area contributed by atoms with Crippen LogP contribution in [0.15, 0.2) is 18.2 Å². The second-order valence-corrected chi connectivity index (χ2v) is 4.73. The highest BCUT2D eigenvalue weighted by molar-refractivity contribution is 6.31. The van der Waals surface area contributed by atoms with E-state index in [2.05, 4.69) is 0 Å². The fourth-order valence-corrected chi connectivity index (χ4v) is 2.16. The van der Waals surface area contributed by atoms with Crippen molar-refractivity contribution in [1.29, 1.82) is 0 Å². The maximum atomic E-state index is 6.07. The quantitative estimate of drug-likeness (QED) is 0.900. The topological polar surface area (TPSA) is 44.5 Å². The third-order valence-corrected chi connectivity index (χ3v) is 3.42. The van der Waals surface area contributed by atoms with Crippen molar-refractivity contribution < 1.29 is 9.47 Å². The Morgan fingerprint density at radius 1 is 1.35 bits per heavy atom. The molecule has 0 amide bonds. The van der Waals surface area contributed by atoms with E-state index in [-0.39, 0.29) is 0 Å². The molecule has 1 heterocycles. The van der Waals surface area contributed by atoms with Crippen molar-refractivity contribution in [2.45, 2.75) is 19.4 Å². The Morgan fingerprint density at radius 3 is 2.76 bits per heavy atom. The van der Waals surface area contributed by atoms with Gasteiger partial charge in [-0.1, -0.05) is 17.7 Å². The molecule has 0 bridgehead atoms. The molecule has 0 aromatic heterocycles. The minimum Gasteiger partial charge on any atom is -0.493 e. The Morgan fingerprint density at radius 2 is 2.12 bits per heavy atom. The number of hydrogen-bond acceptors (Lipinski definition) is 3. The summed E-state index contributed by atoms with van der Waals surface area (Å²) in [5.74, 6) is 1.41. The average Bonchev–Trinajstić information content (AvgIpc) is 2.38. The SMILES string of the molecule is NCc1ccc(OCC2CCOCC2)cc1Cl. The Bertz CT molecular complexity index is 364. The van der Waals surface area contributed by atoms with Gasteiger partial charge < -0.3 is 15.2 Å². The Hall–Kier alpha value is -0.770. The van der Waals surface area contributed by atoms with Crippen molar-refractivity contribution in [2.24, 2.45) is 11.7 Å². The van der Waals surface area contributed by atoms with Crippen LogP contribution in [0.2, 0.25) is 5.02 Å². The van der Waals surface area contributed by atoms with E-state index in [4.69, 9.17) is 26.8 Å². The van der Waals surface area contributed by atoms with Crippen LogP contribution in [0.1, 0.15) is 18.4 Å². The van der Waals surface area contributed by atoms with Crippen molar-refractivity contribution >= 4 is 11.6 Å². The maximum absolute atomic E-state index is 6.07. The van der Waals surface area contributed by atoms with Gasteiger partial charge >= 0.3 is 0 Å². The van der Waals surface area contributed by atoms with Crippen LogP contribution < -0.4 is 10.5 Å². The standard InChI is InChI=1S/C13H18ClNO2/c14-13-7-12(2-1-11(13)8-15)17-9-10-3-5-16-6-4-10/h1-2,7,10H,3-6,8-9,15H2. The summed E-state index contributed by atoms with van der Waals surface area (Å²) in [6, 6.07) is 5.68. The molecular formula is C13H18ClNO2. The highest BCUT2D eigenvalue weighted by Crippen LogP contribution is 2.23. The molecule has 94 valence electrons. The zero-order chi connectivity index (χ0) is 12.1. The van der Waals surface area contributed by atoms with E-state index in [1.54, 1.807) is 0 Å². The number of halogens is 1. The van der Waals surface area contributed by atoms with Crippen molar-refractivity contribution in [3.8, 4) is 5.75 Å². The zero-order valence-electron chi connectivity index (χ0n) is 9.82. The van der Waals surface area contributed by atoms with Crippen molar-refractivity contribution in [2.75, 3.05) is 19.8 Å². The Labute approximate surface area is 107 Å². The Kier molecular flexibility index (Phi) is 4.66. The lowest BCUT2D eigenvalue weighted by molar-refractivity contribution is 0.0497. The first kappa shape index (κ1) is 12.7. The molecule has 3 nitrogen and oxygen atoms in total. The molecule has 0 spiro atoms. The summed E-state index contributed by atoms with van der Waals surface area (Å²) in [4.78, 5) is 0. The molecule has 0 saturated carbocycles. The van der Waals surface area contributed by atoms with E-state index in [9.17, 15) is 0 Å². The number of nitrogens with two attached hydrogens (primary N) is 1. The summed E-state index contributed by atoms with van der Waals surface area (Å²) >= 11 is 6.07. The second-order valence-electron chi connectivity index (χ2n) is 4.32. The lowest BCUT2D eigenvalue weighted by Gasteiger charge is -2.22. The normalized spacial score (nSPS) is 17.1. The third kappa shape index (κ3) is 3.60. The average molecular weight is 256 g/mol. The van der Waals surface area contributed by atoms with Crippen LogP contribution >= 0.6 is 11.6 Å². The molecule has 0 atom stereocenters. The van der Waals surface area contributed by atoms with Crippen LogP contribution in [0.3, 0.4) is 0 Å². The van der Waals surface area contributed by atoms with E-state index in [0.717, 1.165) is 44.0 Å².